The Morgan fingerprint density at radius 2 is 2.25 bits per heavy atom. The molecule has 0 aliphatic rings. The van der Waals surface area contributed by atoms with Gasteiger partial charge < -0.3 is 15.8 Å². The van der Waals surface area contributed by atoms with Gasteiger partial charge in [-0.25, -0.2) is 0 Å². The molecule has 0 spiro atoms. The first kappa shape index (κ1) is 16.8. The minimum Gasteiger partial charge on any atom is -0.483 e. The lowest BCUT2D eigenvalue weighted by atomic mass is 10.1. The highest BCUT2D eigenvalue weighted by atomic mass is 35.5. The number of hydrogen-bond acceptors (Lipinski definition) is 3. The van der Waals surface area contributed by atoms with Gasteiger partial charge in [-0.2, -0.15) is 0 Å². The van der Waals surface area contributed by atoms with E-state index in [1.807, 2.05) is 6.92 Å². The first-order valence-electron chi connectivity index (χ1n) is 6.98. The van der Waals surface area contributed by atoms with Gasteiger partial charge in [0.05, 0.1) is 0 Å². The van der Waals surface area contributed by atoms with Gasteiger partial charge in [-0.3, -0.25) is 4.79 Å². The van der Waals surface area contributed by atoms with Gasteiger partial charge in [-0.1, -0.05) is 31.0 Å². The Morgan fingerprint density at radius 1 is 1.50 bits per heavy atom. The summed E-state index contributed by atoms with van der Waals surface area (Å²) in [4.78, 5) is 11.8. The predicted octanol–water partition coefficient (Wildman–Crippen LogP) is 2.52. The highest BCUT2D eigenvalue weighted by Crippen LogP contribution is 2.26. The van der Waals surface area contributed by atoms with E-state index in [4.69, 9.17) is 22.1 Å². The van der Waals surface area contributed by atoms with E-state index in [2.05, 4.69) is 12.2 Å². The SMILES string of the molecule is CCCC(C)NC(=O)COc1cccc(Cl)c1CCN. The van der Waals surface area contributed by atoms with Gasteiger partial charge in [0.25, 0.3) is 5.91 Å². The Hall–Kier alpha value is -1.26. The van der Waals surface area contributed by atoms with Crippen molar-refractivity contribution in [3.8, 4) is 5.75 Å². The number of amides is 1. The summed E-state index contributed by atoms with van der Waals surface area (Å²) < 4.78 is 5.56. The van der Waals surface area contributed by atoms with Crippen molar-refractivity contribution in [1.82, 2.24) is 5.32 Å². The molecule has 1 aromatic carbocycles. The van der Waals surface area contributed by atoms with E-state index in [0.717, 1.165) is 18.4 Å². The number of hydrogen-bond donors (Lipinski definition) is 2. The first-order chi connectivity index (χ1) is 9.58. The molecule has 0 aromatic heterocycles. The highest BCUT2D eigenvalue weighted by molar-refractivity contribution is 6.31. The molecule has 4 nitrogen and oxygen atoms in total. The molecule has 0 saturated carbocycles. The zero-order chi connectivity index (χ0) is 15.0. The maximum Gasteiger partial charge on any atom is 0.258 e. The Labute approximate surface area is 125 Å². The maximum absolute atomic E-state index is 11.8. The van der Waals surface area contributed by atoms with Crippen LogP contribution in [0, 0.1) is 0 Å². The van der Waals surface area contributed by atoms with Gasteiger partial charge in [-0.05, 0) is 38.4 Å². The van der Waals surface area contributed by atoms with Gasteiger partial charge in [0, 0.05) is 16.6 Å². The van der Waals surface area contributed by atoms with Gasteiger partial charge in [-0.15, -0.1) is 0 Å². The second-order valence-electron chi connectivity index (χ2n) is 4.80. The Kier molecular flexibility index (Phi) is 7.41. The Balaban J connectivity index is 2.57. The van der Waals surface area contributed by atoms with Crippen LogP contribution in [-0.4, -0.2) is 25.1 Å². The van der Waals surface area contributed by atoms with E-state index in [0.29, 0.717) is 23.7 Å². The molecule has 0 bridgehead atoms. The zero-order valence-corrected chi connectivity index (χ0v) is 12.9. The van der Waals surface area contributed by atoms with Crippen LogP contribution in [0.25, 0.3) is 0 Å². The van der Waals surface area contributed by atoms with Crippen LogP contribution in [0.5, 0.6) is 5.75 Å². The van der Waals surface area contributed by atoms with Gasteiger partial charge >= 0.3 is 0 Å². The van der Waals surface area contributed by atoms with E-state index < -0.39 is 0 Å². The van der Waals surface area contributed by atoms with Crippen molar-refractivity contribution >= 4 is 17.5 Å². The zero-order valence-electron chi connectivity index (χ0n) is 12.1. The lowest BCUT2D eigenvalue weighted by molar-refractivity contribution is -0.123. The van der Waals surface area contributed by atoms with Gasteiger partial charge in [0.2, 0.25) is 0 Å². The summed E-state index contributed by atoms with van der Waals surface area (Å²) in [6.07, 6.45) is 2.63. The molecule has 5 heteroatoms. The van der Waals surface area contributed by atoms with Crippen LogP contribution in [0.15, 0.2) is 18.2 Å². The molecule has 0 heterocycles. The molecule has 0 fully saturated rings. The molecule has 1 unspecified atom stereocenters. The van der Waals surface area contributed by atoms with Crippen LogP contribution in [-0.2, 0) is 11.2 Å². The van der Waals surface area contributed by atoms with E-state index in [-0.39, 0.29) is 18.6 Å². The second kappa shape index (κ2) is 8.82. The molecule has 0 aliphatic carbocycles. The van der Waals surface area contributed by atoms with E-state index in [9.17, 15) is 4.79 Å². The fourth-order valence-electron chi connectivity index (χ4n) is 2.03. The molecule has 112 valence electrons. The van der Waals surface area contributed by atoms with Crippen molar-refractivity contribution in [3.05, 3.63) is 28.8 Å². The summed E-state index contributed by atoms with van der Waals surface area (Å²) in [5.74, 6) is 0.505. The number of benzene rings is 1. The number of rotatable bonds is 8. The Bertz CT molecular complexity index is 438. The van der Waals surface area contributed by atoms with Crippen molar-refractivity contribution in [1.29, 1.82) is 0 Å². The fourth-order valence-corrected chi connectivity index (χ4v) is 2.29. The second-order valence-corrected chi connectivity index (χ2v) is 5.21. The molecule has 20 heavy (non-hydrogen) atoms. The van der Waals surface area contributed by atoms with E-state index in [1.165, 1.54) is 0 Å². The highest BCUT2D eigenvalue weighted by Gasteiger charge is 2.11. The third-order valence-corrected chi connectivity index (χ3v) is 3.31. The van der Waals surface area contributed by atoms with Crippen molar-refractivity contribution < 1.29 is 9.53 Å². The van der Waals surface area contributed by atoms with Crippen molar-refractivity contribution in [2.75, 3.05) is 13.2 Å². The molecular weight excluding hydrogens is 276 g/mol. The van der Waals surface area contributed by atoms with Crippen LogP contribution in [0.2, 0.25) is 5.02 Å². The summed E-state index contributed by atoms with van der Waals surface area (Å²) in [5, 5.41) is 3.51. The molecule has 3 N–H and O–H groups in total. The predicted molar refractivity (Wildman–Crippen MR) is 82.2 cm³/mol. The Morgan fingerprint density at radius 3 is 2.90 bits per heavy atom. The van der Waals surface area contributed by atoms with Crippen molar-refractivity contribution in [2.45, 2.75) is 39.2 Å². The lowest BCUT2D eigenvalue weighted by Gasteiger charge is -2.15. The lowest BCUT2D eigenvalue weighted by Crippen LogP contribution is -2.36. The number of nitrogens with one attached hydrogen (secondary N) is 1. The topological polar surface area (TPSA) is 64.3 Å². The molecular formula is C15H23ClN2O2. The minimum absolute atomic E-state index is 0.00797. The average Bonchev–Trinajstić information content (AvgIpc) is 2.40. The fraction of sp³-hybridized carbons (Fsp3) is 0.533. The molecule has 0 radical (unpaired) electrons. The number of nitrogens with two attached hydrogens (primary N) is 1. The molecule has 1 atom stereocenters. The van der Waals surface area contributed by atoms with Crippen LogP contribution in [0.4, 0.5) is 0 Å². The number of carbonyl (C=O) groups is 1. The summed E-state index contributed by atoms with van der Waals surface area (Å²) in [6, 6.07) is 5.57. The first-order valence-corrected chi connectivity index (χ1v) is 7.35. The van der Waals surface area contributed by atoms with Crippen molar-refractivity contribution in [3.63, 3.8) is 0 Å². The third kappa shape index (κ3) is 5.39. The molecule has 0 saturated heterocycles. The van der Waals surface area contributed by atoms with Gasteiger partial charge in [0.15, 0.2) is 6.61 Å². The van der Waals surface area contributed by atoms with E-state index in [1.54, 1.807) is 18.2 Å². The van der Waals surface area contributed by atoms with Crippen molar-refractivity contribution in [2.24, 2.45) is 5.73 Å². The molecule has 1 rings (SSSR count). The normalized spacial score (nSPS) is 12.0. The standard InChI is InChI=1S/C15H23ClN2O2/c1-3-5-11(2)18-15(19)10-20-14-7-4-6-13(16)12(14)8-9-17/h4,6-7,11H,3,5,8-10,17H2,1-2H3,(H,18,19). The largest absolute Gasteiger partial charge is 0.483 e. The quantitative estimate of drug-likeness (QED) is 0.775. The number of ether oxygens (including phenoxy) is 1. The van der Waals surface area contributed by atoms with E-state index >= 15 is 0 Å². The molecule has 1 amide bonds. The smallest absolute Gasteiger partial charge is 0.258 e. The summed E-state index contributed by atoms with van der Waals surface area (Å²) in [7, 11) is 0. The number of halogens is 1. The summed E-state index contributed by atoms with van der Waals surface area (Å²) >= 11 is 6.11. The monoisotopic (exact) mass is 298 g/mol. The summed E-state index contributed by atoms with van der Waals surface area (Å²) in [6.45, 7) is 4.55. The molecule has 0 aliphatic heterocycles. The number of carbonyl (C=O) groups excluding carboxylic acids is 1. The minimum atomic E-state index is -0.121. The molecule has 1 aromatic rings. The average molecular weight is 299 g/mol. The van der Waals surface area contributed by atoms with Crippen LogP contribution in [0.1, 0.15) is 32.3 Å². The van der Waals surface area contributed by atoms with Gasteiger partial charge in [0.1, 0.15) is 5.75 Å². The maximum atomic E-state index is 11.8. The van der Waals surface area contributed by atoms with Crippen LogP contribution >= 0.6 is 11.6 Å². The van der Waals surface area contributed by atoms with Crippen LogP contribution < -0.4 is 15.8 Å². The third-order valence-electron chi connectivity index (χ3n) is 2.96. The van der Waals surface area contributed by atoms with Crippen LogP contribution in [0.3, 0.4) is 0 Å². The summed E-state index contributed by atoms with van der Waals surface area (Å²) in [5.41, 5.74) is 6.41.